The van der Waals surface area contributed by atoms with E-state index in [9.17, 15) is 9.59 Å². The van der Waals surface area contributed by atoms with Gasteiger partial charge in [0.25, 0.3) is 5.91 Å². The maximum Gasteiger partial charge on any atom is 0.317 e. The Morgan fingerprint density at radius 3 is 2.59 bits per heavy atom. The number of morpholine rings is 1. The molecule has 1 aliphatic heterocycles. The van der Waals surface area contributed by atoms with Gasteiger partial charge in [0.15, 0.2) is 0 Å². The summed E-state index contributed by atoms with van der Waals surface area (Å²) in [7, 11) is 0. The van der Waals surface area contributed by atoms with Crippen LogP contribution in [-0.4, -0.2) is 55.7 Å². The first kappa shape index (κ1) is 16.3. The Kier molecular flexibility index (Phi) is 5.77. The van der Waals surface area contributed by atoms with Crippen molar-refractivity contribution >= 4 is 11.9 Å². The lowest BCUT2D eigenvalue weighted by Crippen LogP contribution is -2.50. The zero-order valence-corrected chi connectivity index (χ0v) is 13.1. The maximum atomic E-state index is 11.9. The van der Waals surface area contributed by atoms with E-state index in [0.717, 1.165) is 5.56 Å². The monoisotopic (exact) mass is 305 g/mol. The van der Waals surface area contributed by atoms with E-state index in [2.05, 4.69) is 10.6 Å². The molecular formula is C16H23N3O3. The molecule has 6 nitrogen and oxygen atoms in total. The van der Waals surface area contributed by atoms with Gasteiger partial charge < -0.3 is 20.3 Å². The molecule has 6 heteroatoms. The van der Waals surface area contributed by atoms with Crippen LogP contribution in [0.4, 0.5) is 4.79 Å². The van der Waals surface area contributed by atoms with E-state index in [-0.39, 0.29) is 18.0 Å². The summed E-state index contributed by atoms with van der Waals surface area (Å²) >= 11 is 0. The van der Waals surface area contributed by atoms with Crippen LogP contribution in [0.2, 0.25) is 0 Å². The summed E-state index contributed by atoms with van der Waals surface area (Å²) in [6.07, 6.45) is 0.0701. The second-order valence-electron chi connectivity index (χ2n) is 5.48. The van der Waals surface area contributed by atoms with Gasteiger partial charge in [-0.2, -0.15) is 0 Å². The number of aryl methyl sites for hydroxylation is 1. The topological polar surface area (TPSA) is 70.7 Å². The Labute approximate surface area is 130 Å². The summed E-state index contributed by atoms with van der Waals surface area (Å²) in [6, 6.07) is 7.27. The van der Waals surface area contributed by atoms with Crippen LogP contribution in [-0.2, 0) is 4.74 Å². The minimum absolute atomic E-state index is 0.0701. The molecule has 120 valence electrons. The lowest BCUT2D eigenvalue weighted by atomic mass is 10.1. The van der Waals surface area contributed by atoms with Crippen LogP contribution in [0.5, 0.6) is 0 Å². The van der Waals surface area contributed by atoms with Gasteiger partial charge in [-0.05, 0) is 26.0 Å². The standard InChI is InChI=1S/C16H23N3O3/c1-12-3-5-14(6-4-12)15(20)17-7-8-18-16(21)19-9-10-22-13(2)11-19/h3-6,13H,7-11H2,1-2H3,(H,17,20)(H,18,21)/t13-/m0/s1. The number of urea groups is 1. The average molecular weight is 305 g/mol. The number of hydrogen-bond donors (Lipinski definition) is 2. The summed E-state index contributed by atoms with van der Waals surface area (Å²) in [6.45, 7) is 6.50. The predicted octanol–water partition coefficient (Wildman–Crippen LogP) is 1.16. The van der Waals surface area contributed by atoms with Gasteiger partial charge in [0, 0.05) is 31.7 Å². The van der Waals surface area contributed by atoms with E-state index in [1.54, 1.807) is 17.0 Å². The molecule has 0 aliphatic carbocycles. The zero-order chi connectivity index (χ0) is 15.9. The number of rotatable bonds is 4. The Morgan fingerprint density at radius 2 is 1.91 bits per heavy atom. The van der Waals surface area contributed by atoms with Crippen molar-refractivity contribution < 1.29 is 14.3 Å². The molecule has 1 aromatic rings. The van der Waals surface area contributed by atoms with Crippen LogP contribution < -0.4 is 10.6 Å². The van der Waals surface area contributed by atoms with Gasteiger partial charge in [0.1, 0.15) is 0 Å². The number of hydrogen-bond acceptors (Lipinski definition) is 3. The number of carbonyl (C=O) groups is 2. The Morgan fingerprint density at radius 1 is 1.23 bits per heavy atom. The van der Waals surface area contributed by atoms with Gasteiger partial charge in [-0.25, -0.2) is 4.79 Å². The second kappa shape index (κ2) is 7.79. The largest absolute Gasteiger partial charge is 0.375 e. The SMILES string of the molecule is Cc1ccc(C(=O)NCCNC(=O)N2CCO[C@@H](C)C2)cc1. The van der Waals surface area contributed by atoms with Crippen molar-refractivity contribution in [3.05, 3.63) is 35.4 Å². The van der Waals surface area contributed by atoms with Crippen molar-refractivity contribution in [1.29, 1.82) is 0 Å². The smallest absolute Gasteiger partial charge is 0.317 e. The van der Waals surface area contributed by atoms with Crippen molar-refractivity contribution in [2.24, 2.45) is 0 Å². The molecule has 22 heavy (non-hydrogen) atoms. The fourth-order valence-electron chi connectivity index (χ4n) is 2.27. The van der Waals surface area contributed by atoms with Gasteiger partial charge in [0.2, 0.25) is 0 Å². The molecule has 1 aliphatic rings. The molecule has 0 radical (unpaired) electrons. The summed E-state index contributed by atoms with van der Waals surface area (Å²) in [5.74, 6) is -0.130. The van der Waals surface area contributed by atoms with Crippen molar-refractivity contribution in [3.63, 3.8) is 0 Å². The minimum atomic E-state index is -0.130. The van der Waals surface area contributed by atoms with Crippen LogP contribution in [0, 0.1) is 6.92 Å². The Bertz CT molecular complexity index is 516. The van der Waals surface area contributed by atoms with E-state index in [0.29, 0.717) is 38.3 Å². The first-order valence-electron chi connectivity index (χ1n) is 7.55. The fraction of sp³-hybridized carbons (Fsp3) is 0.500. The molecule has 3 amide bonds. The molecule has 0 unspecified atom stereocenters. The first-order chi connectivity index (χ1) is 10.6. The van der Waals surface area contributed by atoms with Crippen LogP contribution in [0.25, 0.3) is 0 Å². The van der Waals surface area contributed by atoms with Gasteiger partial charge in [-0.15, -0.1) is 0 Å². The second-order valence-corrected chi connectivity index (χ2v) is 5.48. The zero-order valence-electron chi connectivity index (χ0n) is 13.1. The highest BCUT2D eigenvalue weighted by atomic mass is 16.5. The minimum Gasteiger partial charge on any atom is -0.375 e. The molecule has 0 bridgehead atoms. The molecule has 0 aromatic heterocycles. The van der Waals surface area contributed by atoms with Crippen molar-refractivity contribution in [2.75, 3.05) is 32.8 Å². The number of nitrogens with one attached hydrogen (secondary N) is 2. The highest BCUT2D eigenvalue weighted by Crippen LogP contribution is 2.04. The normalized spacial score (nSPS) is 17.9. The third-order valence-corrected chi connectivity index (χ3v) is 3.53. The quantitative estimate of drug-likeness (QED) is 0.820. The first-order valence-corrected chi connectivity index (χ1v) is 7.55. The molecular weight excluding hydrogens is 282 g/mol. The molecule has 1 heterocycles. The third kappa shape index (κ3) is 4.73. The van der Waals surface area contributed by atoms with E-state index < -0.39 is 0 Å². The Balaban J connectivity index is 1.67. The average Bonchev–Trinajstić information content (AvgIpc) is 2.51. The van der Waals surface area contributed by atoms with E-state index in [1.165, 1.54) is 0 Å². The summed E-state index contributed by atoms with van der Waals surface area (Å²) in [5.41, 5.74) is 1.74. The van der Waals surface area contributed by atoms with E-state index in [4.69, 9.17) is 4.74 Å². The molecule has 1 saturated heterocycles. The van der Waals surface area contributed by atoms with Crippen LogP contribution >= 0.6 is 0 Å². The Hall–Kier alpha value is -2.08. The number of ether oxygens (including phenoxy) is 1. The number of nitrogens with zero attached hydrogens (tertiary/aromatic N) is 1. The maximum absolute atomic E-state index is 11.9. The summed E-state index contributed by atoms with van der Waals surface area (Å²) in [5, 5.41) is 5.59. The van der Waals surface area contributed by atoms with Gasteiger partial charge in [-0.3, -0.25) is 4.79 Å². The molecule has 0 saturated carbocycles. The van der Waals surface area contributed by atoms with Crippen LogP contribution in [0.15, 0.2) is 24.3 Å². The molecule has 1 aromatic carbocycles. The van der Waals surface area contributed by atoms with Crippen LogP contribution in [0.3, 0.4) is 0 Å². The van der Waals surface area contributed by atoms with Crippen molar-refractivity contribution in [2.45, 2.75) is 20.0 Å². The van der Waals surface area contributed by atoms with Gasteiger partial charge >= 0.3 is 6.03 Å². The number of amides is 3. The number of benzene rings is 1. The highest BCUT2D eigenvalue weighted by Gasteiger charge is 2.20. The van der Waals surface area contributed by atoms with Crippen LogP contribution in [0.1, 0.15) is 22.8 Å². The molecule has 2 rings (SSSR count). The van der Waals surface area contributed by atoms with Gasteiger partial charge in [-0.1, -0.05) is 17.7 Å². The van der Waals surface area contributed by atoms with E-state index in [1.807, 2.05) is 26.0 Å². The number of carbonyl (C=O) groups excluding carboxylic acids is 2. The molecule has 1 atom stereocenters. The molecule has 0 spiro atoms. The van der Waals surface area contributed by atoms with E-state index >= 15 is 0 Å². The molecule has 1 fully saturated rings. The van der Waals surface area contributed by atoms with Crippen molar-refractivity contribution in [1.82, 2.24) is 15.5 Å². The van der Waals surface area contributed by atoms with Gasteiger partial charge in [0.05, 0.1) is 12.7 Å². The fourth-order valence-corrected chi connectivity index (χ4v) is 2.27. The lowest BCUT2D eigenvalue weighted by molar-refractivity contribution is -0.00342. The lowest BCUT2D eigenvalue weighted by Gasteiger charge is -2.31. The summed E-state index contributed by atoms with van der Waals surface area (Å²) < 4.78 is 5.39. The predicted molar refractivity (Wildman–Crippen MR) is 83.9 cm³/mol. The third-order valence-electron chi connectivity index (χ3n) is 3.53. The molecule has 2 N–H and O–H groups in total. The summed E-state index contributed by atoms with van der Waals surface area (Å²) in [4.78, 5) is 25.6. The van der Waals surface area contributed by atoms with Crippen molar-refractivity contribution in [3.8, 4) is 0 Å². The highest BCUT2D eigenvalue weighted by molar-refractivity contribution is 5.94.